The Balaban J connectivity index is 1.86. The zero-order valence-corrected chi connectivity index (χ0v) is 25.7. The average molecular weight is 675 g/mol. The third-order valence-electron chi connectivity index (χ3n) is 6.69. The fourth-order valence-electron chi connectivity index (χ4n) is 4.95. The van der Waals surface area contributed by atoms with Gasteiger partial charge >= 0.3 is 5.97 Å². The van der Waals surface area contributed by atoms with Crippen LogP contribution in [-0.2, 0) is 14.3 Å². The van der Waals surface area contributed by atoms with E-state index in [4.69, 9.17) is 14.5 Å². The van der Waals surface area contributed by atoms with Gasteiger partial charge in [0.15, 0.2) is 4.80 Å². The van der Waals surface area contributed by atoms with E-state index in [1.54, 1.807) is 32.0 Å². The molecule has 0 unspecified atom stereocenters. The number of amides is 1. The molecule has 0 saturated carbocycles. The summed E-state index contributed by atoms with van der Waals surface area (Å²) in [7, 11) is 3.26. The molecular formula is C28H25Br2N3O5S. The van der Waals surface area contributed by atoms with Gasteiger partial charge in [-0.3, -0.25) is 14.2 Å². The molecule has 11 heteroatoms. The topological polar surface area (TPSA) is 90.2 Å². The number of likely N-dealkylation sites (N-methyl/N-ethyl adjacent to an activating group) is 1. The third-order valence-corrected chi connectivity index (χ3v) is 8.86. The molecule has 0 aliphatic carbocycles. The summed E-state index contributed by atoms with van der Waals surface area (Å²) >= 11 is 8.19. The molecule has 5 rings (SSSR count). The number of thiazole rings is 1. The molecule has 1 amide bonds. The van der Waals surface area contributed by atoms with Crippen LogP contribution in [-0.4, -0.2) is 37.2 Å². The van der Waals surface area contributed by atoms with Crippen LogP contribution in [0.1, 0.15) is 43.9 Å². The van der Waals surface area contributed by atoms with E-state index in [1.807, 2.05) is 37.3 Å². The number of carbonyl (C=O) groups is 2. The molecule has 0 saturated heterocycles. The summed E-state index contributed by atoms with van der Waals surface area (Å²) in [6.07, 6.45) is 1.27. The number of carbonyl (C=O) groups excluding carboxylic acids is 2. The first-order chi connectivity index (χ1) is 18.7. The number of esters is 1. The van der Waals surface area contributed by atoms with E-state index < -0.39 is 17.6 Å². The summed E-state index contributed by atoms with van der Waals surface area (Å²) < 4.78 is 14.1. The minimum absolute atomic E-state index is 0.182. The molecule has 0 bridgehead atoms. The van der Waals surface area contributed by atoms with Gasteiger partial charge in [-0.2, -0.15) is 0 Å². The number of ether oxygens (including phenoxy) is 2. The highest BCUT2D eigenvalue weighted by atomic mass is 79.9. The molecule has 3 aromatic rings. The van der Waals surface area contributed by atoms with Crippen molar-refractivity contribution >= 4 is 66.3 Å². The van der Waals surface area contributed by atoms with E-state index in [9.17, 15) is 14.4 Å². The van der Waals surface area contributed by atoms with Gasteiger partial charge in [-0.05, 0) is 65.2 Å². The highest BCUT2D eigenvalue weighted by Crippen LogP contribution is 2.38. The molecule has 202 valence electrons. The molecule has 1 atom stereocenters. The SMILES string of the molecule is CCCC1=C(C(=O)OCC)[C@H](c2ccc(OC)c(Br)c2)n2c(s/c(=C3\C(=O)N(C)c4ccc(Br)cc43)c2=O)=N1. The summed E-state index contributed by atoms with van der Waals surface area (Å²) in [6.45, 7) is 3.93. The van der Waals surface area contributed by atoms with Crippen molar-refractivity contribution in [2.75, 3.05) is 25.7 Å². The van der Waals surface area contributed by atoms with Crippen LogP contribution in [0, 0.1) is 0 Å². The predicted octanol–water partition coefficient (Wildman–Crippen LogP) is 4.46. The largest absolute Gasteiger partial charge is 0.496 e. The molecule has 2 aromatic carbocycles. The first kappa shape index (κ1) is 27.5. The number of allylic oxidation sites excluding steroid dienone is 1. The average Bonchev–Trinajstić information content (AvgIpc) is 3.35. The molecule has 2 aliphatic heterocycles. The Morgan fingerprint density at radius 1 is 1.13 bits per heavy atom. The summed E-state index contributed by atoms with van der Waals surface area (Å²) in [5, 5.41) is 0. The van der Waals surface area contributed by atoms with Crippen molar-refractivity contribution in [2.24, 2.45) is 4.99 Å². The zero-order valence-electron chi connectivity index (χ0n) is 21.7. The Labute approximate surface area is 245 Å². The second-order valence-electron chi connectivity index (χ2n) is 9.03. The van der Waals surface area contributed by atoms with Gasteiger partial charge in [-0.1, -0.05) is 46.7 Å². The lowest BCUT2D eigenvalue weighted by Gasteiger charge is -2.26. The molecular weight excluding hydrogens is 650 g/mol. The summed E-state index contributed by atoms with van der Waals surface area (Å²) in [4.78, 5) is 47.8. The van der Waals surface area contributed by atoms with Crippen molar-refractivity contribution in [3.63, 3.8) is 0 Å². The Bertz CT molecular complexity index is 1740. The Kier molecular flexibility index (Phi) is 7.67. The number of fused-ring (bicyclic) bond motifs is 2. The standard InChI is InChI=1S/C28H25Br2N3O5S/c1-5-7-18-22(27(36)38-6-2)23(14-8-11-20(37-4)17(30)12-14)33-26(35)24(39-28(33)31-18)21-16-13-15(29)9-10-19(16)32(3)25(21)34/h8-13,23H,5-7H2,1-4H3/b24-21-/t23-/m0/s1. The van der Waals surface area contributed by atoms with Crippen molar-refractivity contribution in [1.29, 1.82) is 0 Å². The lowest BCUT2D eigenvalue weighted by atomic mass is 9.94. The van der Waals surface area contributed by atoms with Crippen LogP contribution in [0.5, 0.6) is 5.75 Å². The first-order valence-electron chi connectivity index (χ1n) is 12.4. The van der Waals surface area contributed by atoms with Crippen molar-refractivity contribution in [2.45, 2.75) is 32.7 Å². The lowest BCUT2D eigenvalue weighted by Crippen LogP contribution is -2.41. The Morgan fingerprint density at radius 3 is 2.56 bits per heavy atom. The monoisotopic (exact) mass is 673 g/mol. The number of benzene rings is 2. The predicted molar refractivity (Wildman–Crippen MR) is 157 cm³/mol. The van der Waals surface area contributed by atoms with E-state index in [2.05, 4.69) is 31.9 Å². The van der Waals surface area contributed by atoms with Crippen molar-refractivity contribution < 1.29 is 19.1 Å². The first-order valence-corrected chi connectivity index (χ1v) is 14.8. The molecule has 2 aliphatic rings. The number of hydrogen-bond acceptors (Lipinski definition) is 7. The molecule has 3 heterocycles. The van der Waals surface area contributed by atoms with Crippen LogP contribution in [0.25, 0.3) is 5.57 Å². The van der Waals surface area contributed by atoms with E-state index in [0.717, 1.165) is 27.9 Å². The smallest absolute Gasteiger partial charge is 0.338 e. The molecule has 0 radical (unpaired) electrons. The second kappa shape index (κ2) is 10.9. The van der Waals surface area contributed by atoms with Crippen molar-refractivity contribution in [3.05, 3.63) is 87.4 Å². The Hall–Kier alpha value is -3.02. The minimum atomic E-state index is -0.797. The second-order valence-corrected chi connectivity index (χ2v) is 11.8. The quantitative estimate of drug-likeness (QED) is 0.361. The number of nitrogens with zero attached hydrogens (tertiary/aromatic N) is 3. The van der Waals surface area contributed by atoms with Crippen LogP contribution < -0.4 is 24.5 Å². The van der Waals surface area contributed by atoms with Crippen LogP contribution in [0.4, 0.5) is 5.69 Å². The van der Waals surface area contributed by atoms with E-state index >= 15 is 0 Å². The number of anilines is 1. The fraction of sp³-hybridized carbons (Fsp3) is 0.286. The summed E-state index contributed by atoms with van der Waals surface area (Å²) in [5.74, 6) is -0.174. The van der Waals surface area contributed by atoms with Crippen molar-refractivity contribution in [3.8, 4) is 5.75 Å². The van der Waals surface area contributed by atoms with Gasteiger partial charge in [0.1, 0.15) is 10.3 Å². The number of rotatable bonds is 6. The maximum atomic E-state index is 14.2. The van der Waals surface area contributed by atoms with E-state index in [1.165, 1.54) is 4.57 Å². The van der Waals surface area contributed by atoms with Crippen LogP contribution in [0.3, 0.4) is 0 Å². The lowest BCUT2D eigenvalue weighted by molar-refractivity contribution is -0.139. The van der Waals surface area contributed by atoms with Gasteiger partial charge < -0.3 is 14.4 Å². The van der Waals surface area contributed by atoms with E-state index in [0.29, 0.717) is 49.4 Å². The van der Waals surface area contributed by atoms with Crippen LogP contribution in [0.2, 0.25) is 0 Å². The number of hydrogen-bond donors (Lipinski definition) is 0. The normalized spacial score (nSPS) is 17.6. The van der Waals surface area contributed by atoms with Gasteiger partial charge in [0, 0.05) is 17.1 Å². The third kappa shape index (κ3) is 4.60. The maximum absolute atomic E-state index is 14.2. The molecule has 0 fully saturated rings. The molecule has 39 heavy (non-hydrogen) atoms. The van der Waals surface area contributed by atoms with Gasteiger partial charge in [0.25, 0.3) is 11.5 Å². The fourth-order valence-corrected chi connectivity index (χ4v) is 6.98. The van der Waals surface area contributed by atoms with Gasteiger partial charge in [0.2, 0.25) is 0 Å². The van der Waals surface area contributed by atoms with Gasteiger partial charge in [-0.15, -0.1) is 0 Å². The zero-order chi connectivity index (χ0) is 28.0. The summed E-state index contributed by atoms with van der Waals surface area (Å²) in [6, 6.07) is 10.2. The molecule has 0 spiro atoms. The maximum Gasteiger partial charge on any atom is 0.338 e. The van der Waals surface area contributed by atoms with Crippen LogP contribution >= 0.6 is 43.2 Å². The van der Waals surface area contributed by atoms with E-state index in [-0.39, 0.29) is 17.0 Å². The van der Waals surface area contributed by atoms with Crippen molar-refractivity contribution in [1.82, 2.24) is 4.57 Å². The van der Waals surface area contributed by atoms with Gasteiger partial charge in [0.05, 0.1) is 46.8 Å². The molecule has 0 N–H and O–H groups in total. The number of halogens is 2. The molecule has 8 nitrogen and oxygen atoms in total. The highest BCUT2D eigenvalue weighted by molar-refractivity contribution is 9.10. The minimum Gasteiger partial charge on any atom is -0.496 e. The van der Waals surface area contributed by atoms with Crippen LogP contribution in [0.15, 0.2) is 66.4 Å². The highest BCUT2D eigenvalue weighted by Gasteiger charge is 2.37. The number of methoxy groups -OCH3 is 1. The summed E-state index contributed by atoms with van der Waals surface area (Å²) in [5.41, 5.74) is 2.90. The molecule has 1 aromatic heterocycles. The number of aromatic nitrogens is 1. The Morgan fingerprint density at radius 2 is 1.90 bits per heavy atom. The van der Waals surface area contributed by atoms with Gasteiger partial charge in [-0.25, -0.2) is 9.79 Å².